The number of primary sulfonamides is 1. The molecule has 0 fully saturated rings. The van der Waals surface area contributed by atoms with Crippen LogP contribution in [-0.4, -0.2) is 24.1 Å². The summed E-state index contributed by atoms with van der Waals surface area (Å²) in [6.07, 6.45) is 3.40. The van der Waals surface area contributed by atoms with Crippen molar-refractivity contribution in [3.05, 3.63) is 77.9 Å². The van der Waals surface area contributed by atoms with E-state index in [9.17, 15) is 17.6 Å². The van der Waals surface area contributed by atoms with Gasteiger partial charge in [-0.3, -0.25) is 4.79 Å². The third-order valence-electron chi connectivity index (χ3n) is 4.01. The van der Waals surface area contributed by atoms with Crippen molar-refractivity contribution in [2.75, 3.05) is 0 Å². The molecule has 7 nitrogen and oxygen atoms in total. The molecule has 1 unspecified atom stereocenters. The predicted octanol–water partition coefficient (Wildman–Crippen LogP) is 2.15. The van der Waals surface area contributed by atoms with Gasteiger partial charge in [-0.1, -0.05) is 18.2 Å². The minimum absolute atomic E-state index is 0.335. The number of amides is 1. The molecule has 27 heavy (non-hydrogen) atoms. The van der Waals surface area contributed by atoms with Crippen molar-refractivity contribution in [1.82, 2.24) is 15.1 Å². The molecule has 1 aromatic heterocycles. The van der Waals surface area contributed by atoms with Crippen LogP contribution in [0.3, 0.4) is 0 Å². The van der Waals surface area contributed by atoms with E-state index in [1.807, 2.05) is 24.3 Å². The summed E-state index contributed by atoms with van der Waals surface area (Å²) in [6, 6.07) is 11.4. The van der Waals surface area contributed by atoms with E-state index < -0.39 is 33.4 Å². The van der Waals surface area contributed by atoms with E-state index in [-0.39, 0.29) is 4.90 Å². The lowest BCUT2D eigenvalue weighted by molar-refractivity contribution is 0.0935. The summed E-state index contributed by atoms with van der Waals surface area (Å²) >= 11 is 0. The number of para-hydroxylation sites is 1. The Morgan fingerprint density at radius 1 is 1.22 bits per heavy atom. The van der Waals surface area contributed by atoms with Crippen molar-refractivity contribution in [3.8, 4) is 5.69 Å². The average molecular weight is 388 g/mol. The fraction of sp³-hybridized carbons (Fsp3) is 0.111. The van der Waals surface area contributed by atoms with Gasteiger partial charge in [0.1, 0.15) is 5.82 Å². The Labute approximate surface area is 155 Å². The summed E-state index contributed by atoms with van der Waals surface area (Å²) in [4.78, 5) is 12.2. The van der Waals surface area contributed by atoms with E-state index in [0.29, 0.717) is 0 Å². The van der Waals surface area contributed by atoms with E-state index >= 15 is 0 Å². The van der Waals surface area contributed by atoms with Crippen LogP contribution in [0.1, 0.15) is 28.9 Å². The smallest absolute Gasteiger partial charge is 0.254 e. The van der Waals surface area contributed by atoms with Gasteiger partial charge in [0.15, 0.2) is 0 Å². The number of nitrogens with two attached hydrogens (primary N) is 1. The molecule has 0 radical (unpaired) electrons. The molecule has 1 heterocycles. The molecule has 1 amide bonds. The van der Waals surface area contributed by atoms with Crippen LogP contribution < -0.4 is 10.5 Å². The van der Waals surface area contributed by atoms with Gasteiger partial charge >= 0.3 is 0 Å². The highest BCUT2D eigenvalue weighted by molar-refractivity contribution is 7.89. The van der Waals surface area contributed by atoms with Gasteiger partial charge in [-0.15, -0.1) is 0 Å². The lowest BCUT2D eigenvalue weighted by Gasteiger charge is -2.18. The Bertz CT molecular complexity index is 1080. The monoisotopic (exact) mass is 388 g/mol. The van der Waals surface area contributed by atoms with E-state index in [2.05, 4.69) is 10.4 Å². The fourth-order valence-electron chi connectivity index (χ4n) is 2.68. The Hall–Kier alpha value is -3.04. The van der Waals surface area contributed by atoms with Crippen molar-refractivity contribution in [1.29, 1.82) is 0 Å². The van der Waals surface area contributed by atoms with Crippen molar-refractivity contribution in [3.63, 3.8) is 0 Å². The maximum Gasteiger partial charge on any atom is 0.254 e. The van der Waals surface area contributed by atoms with Gasteiger partial charge < -0.3 is 5.32 Å². The van der Waals surface area contributed by atoms with Crippen molar-refractivity contribution >= 4 is 15.9 Å². The summed E-state index contributed by atoms with van der Waals surface area (Å²) in [6.45, 7) is 1.74. The number of rotatable bonds is 5. The topological polar surface area (TPSA) is 107 Å². The fourth-order valence-corrected chi connectivity index (χ4v) is 3.22. The average Bonchev–Trinajstić information content (AvgIpc) is 3.15. The van der Waals surface area contributed by atoms with Gasteiger partial charge in [0, 0.05) is 12.4 Å². The summed E-state index contributed by atoms with van der Waals surface area (Å²) in [5.41, 5.74) is 1.12. The molecule has 3 aromatic rings. The molecular formula is C18H17FN4O3S. The van der Waals surface area contributed by atoms with Crippen LogP contribution in [-0.2, 0) is 10.0 Å². The number of carbonyl (C=O) groups excluding carboxylic acids is 1. The van der Waals surface area contributed by atoms with Gasteiger partial charge in [0.2, 0.25) is 10.0 Å². The molecule has 0 spiro atoms. The summed E-state index contributed by atoms with van der Waals surface area (Å²) in [7, 11) is -4.05. The number of nitrogens with zero attached hydrogens (tertiary/aromatic N) is 2. The van der Waals surface area contributed by atoms with Gasteiger partial charge in [-0.25, -0.2) is 22.6 Å². The number of halogens is 1. The molecule has 3 N–H and O–H groups in total. The van der Waals surface area contributed by atoms with Crippen molar-refractivity contribution in [2.45, 2.75) is 17.9 Å². The number of aromatic nitrogens is 2. The first-order chi connectivity index (χ1) is 12.8. The number of nitrogens with one attached hydrogen (secondary N) is 1. The Balaban J connectivity index is 1.90. The van der Waals surface area contributed by atoms with E-state index in [0.717, 1.165) is 29.4 Å². The third kappa shape index (κ3) is 4.04. The zero-order valence-corrected chi connectivity index (χ0v) is 15.2. The standard InChI is InChI=1S/C18H17FN4O3S/c1-12(14-5-2-3-6-17(14)23-10-4-9-21-23)22-18(24)15-11-13(27(20,25)26)7-8-16(15)19/h2-12H,1H3,(H,22,24)(H2,20,25,26). The van der Waals surface area contributed by atoms with Crippen LogP contribution in [0.15, 0.2) is 65.8 Å². The molecule has 1 atom stereocenters. The largest absolute Gasteiger partial charge is 0.345 e. The van der Waals surface area contributed by atoms with Crippen LogP contribution in [0, 0.1) is 5.82 Å². The molecule has 2 aromatic carbocycles. The third-order valence-corrected chi connectivity index (χ3v) is 4.92. The molecule has 0 bridgehead atoms. The first-order valence-electron chi connectivity index (χ1n) is 7.99. The zero-order valence-electron chi connectivity index (χ0n) is 14.3. The van der Waals surface area contributed by atoms with Gasteiger partial charge in [-0.05, 0) is 42.8 Å². The number of benzene rings is 2. The minimum atomic E-state index is -4.05. The van der Waals surface area contributed by atoms with Gasteiger partial charge in [0.05, 0.1) is 22.2 Å². The van der Waals surface area contributed by atoms with Gasteiger partial charge in [-0.2, -0.15) is 5.10 Å². The van der Waals surface area contributed by atoms with Crippen LogP contribution in [0.25, 0.3) is 5.69 Å². The summed E-state index contributed by atoms with van der Waals surface area (Å²) in [5, 5.41) is 11.9. The molecule has 0 aliphatic rings. The van der Waals surface area contributed by atoms with E-state index in [1.54, 1.807) is 30.1 Å². The highest BCUT2D eigenvalue weighted by Crippen LogP contribution is 2.22. The Morgan fingerprint density at radius 2 is 1.96 bits per heavy atom. The first-order valence-corrected chi connectivity index (χ1v) is 9.54. The Kier molecular flexibility index (Phi) is 5.06. The lowest BCUT2D eigenvalue weighted by Crippen LogP contribution is -2.28. The molecule has 3 rings (SSSR count). The second-order valence-corrected chi connectivity index (χ2v) is 7.45. The number of carbonyl (C=O) groups is 1. The number of hydrogen-bond donors (Lipinski definition) is 2. The molecule has 140 valence electrons. The molecule has 0 aliphatic heterocycles. The number of sulfonamides is 1. The number of hydrogen-bond acceptors (Lipinski definition) is 4. The predicted molar refractivity (Wildman–Crippen MR) is 97.2 cm³/mol. The SMILES string of the molecule is CC(NC(=O)c1cc(S(N)(=O)=O)ccc1F)c1ccccc1-n1cccn1. The maximum atomic E-state index is 14.1. The normalized spacial score (nSPS) is 12.6. The van der Waals surface area contributed by atoms with Gasteiger partial charge in [0.25, 0.3) is 5.91 Å². The van der Waals surface area contributed by atoms with Crippen molar-refractivity contribution in [2.24, 2.45) is 5.14 Å². The highest BCUT2D eigenvalue weighted by Gasteiger charge is 2.20. The molecule has 0 aliphatic carbocycles. The zero-order chi connectivity index (χ0) is 19.6. The highest BCUT2D eigenvalue weighted by atomic mass is 32.2. The molecule has 0 saturated carbocycles. The molecular weight excluding hydrogens is 371 g/mol. The summed E-state index contributed by atoms with van der Waals surface area (Å²) in [5.74, 6) is -1.59. The molecule has 9 heteroatoms. The second-order valence-electron chi connectivity index (χ2n) is 5.89. The second kappa shape index (κ2) is 7.29. The quantitative estimate of drug-likeness (QED) is 0.698. The summed E-state index contributed by atoms with van der Waals surface area (Å²) < 4.78 is 38.6. The Morgan fingerprint density at radius 3 is 2.63 bits per heavy atom. The van der Waals surface area contributed by atoms with Crippen LogP contribution in [0.2, 0.25) is 0 Å². The lowest BCUT2D eigenvalue weighted by atomic mass is 10.1. The van der Waals surface area contributed by atoms with E-state index in [1.165, 1.54) is 0 Å². The first kappa shape index (κ1) is 18.7. The van der Waals surface area contributed by atoms with Crippen LogP contribution >= 0.6 is 0 Å². The minimum Gasteiger partial charge on any atom is -0.345 e. The molecule has 0 saturated heterocycles. The van der Waals surface area contributed by atoms with Crippen LogP contribution in [0.4, 0.5) is 4.39 Å². The van der Waals surface area contributed by atoms with E-state index in [4.69, 9.17) is 5.14 Å². The van der Waals surface area contributed by atoms with Crippen molar-refractivity contribution < 1.29 is 17.6 Å². The van der Waals surface area contributed by atoms with Crippen LogP contribution in [0.5, 0.6) is 0 Å². The maximum absolute atomic E-state index is 14.1.